The van der Waals surface area contributed by atoms with Crippen molar-refractivity contribution >= 4 is 19.5 Å². The normalized spacial score (nSPS) is 6.43. The maximum absolute atomic E-state index is 9.60. The van der Waals surface area contributed by atoms with Gasteiger partial charge in [-0.3, -0.25) is 0 Å². The van der Waals surface area contributed by atoms with E-state index in [0.29, 0.717) is 0 Å². The highest BCUT2D eigenvalue weighted by molar-refractivity contribution is 7.59. The van der Waals surface area contributed by atoms with E-state index < -0.39 is 5.97 Å². The first kappa shape index (κ1) is 9.75. The zero-order valence-electron chi connectivity index (χ0n) is 4.06. The van der Waals surface area contributed by atoms with Gasteiger partial charge in [0.2, 0.25) is 0 Å². The quantitative estimate of drug-likeness (QED) is 0.519. The molecule has 0 radical (unpaired) electrons. The van der Waals surface area contributed by atoms with Crippen LogP contribution in [0.1, 0.15) is 6.92 Å². The second-order valence-electron chi connectivity index (χ2n) is 1.09. The smallest absolute Gasteiger partial charge is 0.330 e. The predicted octanol–water partition coefficient (Wildman–Crippen LogP) is 0.760. The third kappa shape index (κ3) is 5.56. The van der Waals surface area contributed by atoms with Gasteiger partial charge in [-0.05, 0) is 6.92 Å². The summed E-state index contributed by atoms with van der Waals surface area (Å²) in [5.74, 6) is -0.935. The molecule has 0 aliphatic rings. The van der Waals surface area contributed by atoms with Crippen LogP contribution in [0.15, 0.2) is 12.2 Å². The number of aliphatic carboxylic acids is 1. The van der Waals surface area contributed by atoms with Crippen LogP contribution >= 0.6 is 13.5 Å². The highest BCUT2D eigenvalue weighted by Crippen LogP contribution is 1.81. The molecule has 1 N–H and O–H groups in total. The van der Waals surface area contributed by atoms with Crippen LogP contribution in [-0.2, 0) is 4.79 Å². The van der Waals surface area contributed by atoms with Gasteiger partial charge in [-0.2, -0.15) is 13.5 Å². The zero-order chi connectivity index (χ0) is 5.15. The summed E-state index contributed by atoms with van der Waals surface area (Å²) in [6.07, 6.45) is 0. The van der Waals surface area contributed by atoms with Crippen LogP contribution in [0.4, 0.5) is 0 Å². The molecule has 0 saturated carbocycles. The fraction of sp³-hybridized carbons (Fsp3) is 0.250. The van der Waals surface area contributed by atoms with Crippen molar-refractivity contribution in [3.63, 3.8) is 0 Å². The highest BCUT2D eigenvalue weighted by atomic mass is 32.1. The lowest BCUT2D eigenvalue weighted by molar-refractivity contribution is -0.132. The van der Waals surface area contributed by atoms with Crippen LogP contribution in [0.25, 0.3) is 0 Å². The third-order valence-electron chi connectivity index (χ3n) is 0.365. The van der Waals surface area contributed by atoms with Crippen LogP contribution in [0.5, 0.6) is 0 Å². The SMILES string of the molecule is C=C(C)C(=O)O.S. The number of carboxylic acids is 1. The topological polar surface area (TPSA) is 37.3 Å². The molecule has 0 atom stereocenters. The largest absolute Gasteiger partial charge is 0.478 e. The van der Waals surface area contributed by atoms with Gasteiger partial charge in [-0.25, -0.2) is 4.79 Å². The maximum Gasteiger partial charge on any atom is 0.330 e. The van der Waals surface area contributed by atoms with E-state index in [4.69, 9.17) is 5.11 Å². The van der Waals surface area contributed by atoms with Gasteiger partial charge in [0.15, 0.2) is 0 Å². The highest BCUT2D eigenvalue weighted by Gasteiger charge is 1.90. The Morgan fingerprint density at radius 3 is 1.86 bits per heavy atom. The molecule has 0 aliphatic heterocycles. The summed E-state index contributed by atoms with van der Waals surface area (Å²) >= 11 is 0. The minimum absolute atomic E-state index is 0. The second-order valence-corrected chi connectivity index (χ2v) is 1.09. The minimum Gasteiger partial charge on any atom is -0.478 e. The van der Waals surface area contributed by atoms with E-state index >= 15 is 0 Å². The minimum atomic E-state index is -0.935. The Morgan fingerprint density at radius 1 is 1.71 bits per heavy atom. The van der Waals surface area contributed by atoms with Crippen LogP contribution in [0, 0.1) is 0 Å². The summed E-state index contributed by atoms with van der Waals surface area (Å²) < 4.78 is 0. The van der Waals surface area contributed by atoms with Gasteiger partial charge in [0.05, 0.1) is 0 Å². The van der Waals surface area contributed by atoms with E-state index in [9.17, 15) is 4.79 Å². The van der Waals surface area contributed by atoms with Crippen molar-refractivity contribution in [2.24, 2.45) is 0 Å². The first-order valence-electron chi connectivity index (χ1n) is 1.53. The van der Waals surface area contributed by atoms with Crippen LogP contribution in [-0.4, -0.2) is 11.1 Å². The summed E-state index contributed by atoms with van der Waals surface area (Å²) in [5, 5.41) is 7.89. The van der Waals surface area contributed by atoms with E-state index in [1.54, 1.807) is 0 Å². The molecule has 0 saturated heterocycles. The molecule has 0 heterocycles. The van der Waals surface area contributed by atoms with Gasteiger partial charge >= 0.3 is 5.97 Å². The van der Waals surface area contributed by atoms with Gasteiger partial charge < -0.3 is 5.11 Å². The summed E-state index contributed by atoms with van der Waals surface area (Å²) in [4.78, 5) is 9.60. The molecule has 0 aromatic carbocycles. The molecule has 0 fully saturated rings. The molecular weight excluding hydrogens is 112 g/mol. The standard InChI is InChI=1S/C4H6O2.H2S/c1-3(2)4(5)6;/h1H2,2H3,(H,5,6);1H2. The van der Waals surface area contributed by atoms with Gasteiger partial charge in [0.1, 0.15) is 0 Å². The van der Waals surface area contributed by atoms with E-state index in [-0.39, 0.29) is 19.1 Å². The Hall–Kier alpha value is -0.440. The molecule has 2 nitrogen and oxygen atoms in total. The molecule has 7 heavy (non-hydrogen) atoms. The average molecular weight is 120 g/mol. The Kier molecular flexibility index (Phi) is 5.21. The van der Waals surface area contributed by atoms with E-state index in [0.717, 1.165) is 0 Å². The summed E-state index contributed by atoms with van der Waals surface area (Å²) in [6.45, 7) is 4.60. The van der Waals surface area contributed by atoms with Crippen LogP contribution in [0.3, 0.4) is 0 Å². The Labute approximate surface area is 49.3 Å². The van der Waals surface area contributed by atoms with Gasteiger partial charge in [0.25, 0.3) is 0 Å². The molecule has 42 valence electrons. The monoisotopic (exact) mass is 120 g/mol. The maximum atomic E-state index is 9.60. The van der Waals surface area contributed by atoms with Crippen molar-refractivity contribution in [1.82, 2.24) is 0 Å². The van der Waals surface area contributed by atoms with Gasteiger partial charge in [0, 0.05) is 5.57 Å². The van der Waals surface area contributed by atoms with Crippen molar-refractivity contribution in [3.05, 3.63) is 12.2 Å². The number of carboxylic acid groups (broad SMARTS) is 1. The molecular formula is C4H8O2S. The lowest BCUT2D eigenvalue weighted by Gasteiger charge is -1.79. The first-order valence-corrected chi connectivity index (χ1v) is 1.53. The lowest BCUT2D eigenvalue weighted by atomic mass is 10.4. The number of carbonyl (C=O) groups is 1. The molecule has 0 spiro atoms. The Bertz CT molecular complexity index is 75.7. The van der Waals surface area contributed by atoms with Crippen molar-refractivity contribution in [3.8, 4) is 0 Å². The molecule has 0 bridgehead atoms. The van der Waals surface area contributed by atoms with Gasteiger partial charge in [-0.15, -0.1) is 0 Å². The van der Waals surface area contributed by atoms with Crippen molar-refractivity contribution in [2.75, 3.05) is 0 Å². The van der Waals surface area contributed by atoms with Crippen LogP contribution < -0.4 is 0 Å². The Morgan fingerprint density at radius 2 is 1.86 bits per heavy atom. The summed E-state index contributed by atoms with van der Waals surface area (Å²) in [7, 11) is 0. The molecule has 0 aromatic rings. The second kappa shape index (κ2) is 3.74. The number of hydrogen-bond donors (Lipinski definition) is 1. The van der Waals surface area contributed by atoms with Gasteiger partial charge in [-0.1, -0.05) is 6.58 Å². The molecule has 0 unspecified atom stereocenters. The fourth-order valence-corrected chi connectivity index (χ4v) is 0. The lowest BCUT2D eigenvalue weighted by Crippen LogP contribution is -1.92. The molecule has 3 heteroatoms. The van der Waals surface area contributed by atoms with E-state index in [1.165, 1.54) is 6.92 Å². The third-order valence-corrected chi connectivity index (χ3v) is 0.365. The van der Waals surface area contributed by atoms with Crippen molar-refractivity contribution in [1.29, 1.82) is 0 Å². The fourth-order valence-electron chi connectivity index (χ4n) is 0. The van der Waals surface area contributed by atoms with E-state index in [1.807, 2.05) is 0 Å². The summed E-state index contributed by atoms with van der Waals surface area (Å²) in [6, 6.07) is 0. The van der Waals surface area contributed by atoms with Crippen LogP contribution in [0.2, 0.25) is 0 Å². The number of rotatable bonds is 1. The Balaban J connectivity index is 0. The molecule has 0 rings (SSSR count). The predicted molar refractivity (Wildman–Crippen MR) is 32.8 cm³/mol. The number of hydrogen-bond acceptors (Lipinski definition) is 1. The average Bonchev–Trinajstić information content (AvgIpc) is 1.36. The van der Waals surface area contributed by atoms with Crippen molar-refractivity contribution < 1.29 is 9.90 Å². The molecule has 0 aliphatic carbocycles. The molecule has 0 aromatic heterocycles. The summed E-state index contributed by atoms with van der Waals surface area (Å²) in [5.41, 5.74) is 0.176. The zero-order valence-corrected chi connectivity index (χ0v) is 5.06. The van der Waals surface area contributed by atoms with E-state index in [2.05, 4.69) is 6.58 Å². The molecule has 0 amide bonds. The first-order chi connectivity index (χ1) is 2.64. The van der Waals surface area contributed by atoms with Crippen molar-refractivity contribution in [2.45, 2.75) is 6.92 Å².